The van der Waals surface area contributed by atoms with E-state index in [0.29, 0.717) is 50.6 Å². The molecule has 0 atom stereocenters. The number of hydrogen-bond acceptors (Lipinski definition) is 7. The Kier molecular flexibility index (Phi) is 5.67. The lowest BCUT2D eigenvalue weighted by molar-refractivity contribution is 0.100. The standard InChI is InChI=1S/C18H20Cl2N6OS/c1-18(2,6-21)7-24-17-25-13(8-3-4-9(19)10(20)5-8)11-12(22)14(15(23)27)28-16(11)26-17/h3-5H,6-7,21-22H2,1-2H3,(H2,23,27)(H,24,25,26). The van der Waals surface area contributed by atoms with Crippen molar-refractivity contribution < 1.29 is 4.79 Å². The predicted octanol–water partition coefficient (Wildman–Crippen LogP) is 3.74. The first-order chi connectivity index (χ1) is 13.1. The van der Waals surface area contributed by atoms with Crippen LogP contribution in [0.25, 0.3) is 21.5 Å². The maximum absolute atomic E-state index is 11.8. The molecule has 0 saturated heterocycles. The van der Waals surface area contributed by atoms with Gasteiger partial charge in [-0.1, -0.05) is 43.1 Å². The number of thiophene rings is 1. The summed E-state index contributed by atoms with van der Waals surface area (Å²) < 4.78 is 0. The summed E-state index contributed by atoms with van der Waals surface area (Å²) >= 11 is 13.3. The number of aromatic nitrogens is 2. The molecule has 0 unspecified atom stereocenters. The molecule has 7 nitrogen and oxygen atoms in total. The highest BCUT2D eigenvalue weighted by atomic mass is 35.5. The second-order valence-corrected chi connectivity index (χ2v) is 8.95. The molecule has 0 radical (unpaired) electrons. The number of nitrogen functional groups attached to an aromatic ring is 1. The molecule has 1 amide bonds. The number of nitrogens with zero attached hydrogens (tertiary/aromatic N) is 2. The van der Waals surface area contributed by atoms with Crippen LogP contribution in [0.2, 0.25) is 10.0 Å². The van der Waals surface area contributed by atoms with E-state index >= 15 is 0 Å². The van der Waals surface area contributed by atoms with Crippen molar-refractivity contribution in [2.24, 2.45) is 16.9 Å². The SMILES string of the molecule is CC(C)(CN)CNc1nc(-c2ccc(Cl)c(Cl)c2)c2c(N)c(C(N)=O)sc2n1. The molecule has 1 aromatic carbocycles. The van der Waals surface area contributed by atoms with Crippen LogP contribution in [-0.2, 0) is 0 Å². The number of nitrogens with one attached hydrogen (secondary N) is 1. The van der Waals surface area contributed by atoms with Gasteiger partial charge in [0.1, 0.15) is 9.71 Å². The van der Waals surface area contributed by atoms with Crippen LogP contribution in [0.3, 0.4) is 0 Å². The molecule has 28 heavy (non-hydrogen) atoms. The number of nitrogens with two attached hydrogens (primary N) is 3. The van der Waals surface area contributed by atoms with Crippen LogP contribution in [-0.4, -0.2) is 29.0 Å². The smallest absolute Gasteiger partial charge is 0.260 e. The minimum Gasteiger partial charge on any atom is -0.397 e. The number of benzene rings is 1. The van der Waals surface area contributed by atoms with Crippen LogP contribution in [0.4, 0.5) is 11.6 Å². The van der Waals surface area contributed by atoms with Gasteiger partial charge in [-0.05, 0) is 24.1 Å². The number of carbonyl (C=O) groups excluding carboxylic acids is 1. The number of rotatable bonds is 6. The van der Waals surface area contributed by atoms with E-state index in [4.69, 9.17) is 40.4 Å². The van der Waals surface area contributed by atoms with Crippen molar-refractivity contribution in [3.8, 4) is 11.3 Å². The lowest BCUT2D eigenvalue weighted by Gasteiger charge is -2.22. The second kappa shape index (κ2) is 7.71. The molecule has 0 aliphatic heterocycles. The average Bonchev–Trinajstić information content (AvgIpc) is 2.99. The Hall–Kier alpha value is -2.13. The van der Waals surface area contributed by atoms with Crippen molar-refractivity contribution in [2.45, 2.75) is 13.8 Å². The molecular formula is C18H20Cl2N6OS. The summed E-state index contributed by atoms with van der Waals surface area (Å²) in [6.07, 6.45) is 0. The van der Waals surface area contributed by atoms with Gasteiger partial charge in [0.05, 0.1) is 26.8 Å². The van der Waals surface area contributed by atoms with Crippen molar-refractivity contribution in [1.29, 1.82) is 0 Å². The lowest BCUT2D eigenvalue weighted by Crippen LogP contribution is -2.31. The highest BCUT2D eigenvalue weighted by molar-refractivity contribution is 7.21. The van der Waals surface area contributed by atoms with E-state index in [1.165, 1.54) is 0 Å². The lowest BCUT2D eigenvalue weighted by atomic mass is 9.94. The third-order valence-electron chi connectivity index (χ3n) is 4.28. The molecular weight excluding hydrogens is 419 g/mol. The van der Waals surface area contributed by atoms with Gasteiger partial charge in [-0.25, -0.2) is 9.97 Å². The Morgan fingerprint density at radius 1 is 1.25 bits per heavy atom. The quantitative estimate of drug-likeness (QED) is 0.462. The van der Waals surface area contributed by atoms with E-state index in [1.54, 1.807) is 18.2 Å². The number of hydrogen-bond donors (Lipinski definition) is 4. The van der Waals surface area contributed by atoms with Crippen LogP contribution >= 0.6 is 34.5 Å². The normalized spacial score (nSPS) is 11.8. The molecule has 0 saturated carbocycles. The van der Waals surface area contributed by atoms with Crippen molar-refractivity contribution in [1.82, 2.24) is 9.97 Å². The minimum absolute atomic E-state index is 0.144. The molecule has 7 N–H and O–H groups in total. The van der Waals surface area contributed by atoms with Gasteiger partial charge in [0.2, 0.25) is 5.95 Å². The van der Waals surface area contributed by atoms with Crippen LogP contribution in [0.15, 0.2) is 18.2 Å². The molecule has 148 valence electrons. The third-order valence-corrected chi connectivity index (χ3v) is 6.14. The van der Waals surface area contributed by atoms with Crippen LogP contribution in [0.1, 0.15) is 23.5 Å². The van der Waals surface area contributed by atoms with Gasteiger partial charge < -0.3 is 22.5 Å². The summed E-state index contributed by atoms with van der Waals surface area (Å²) in [5.41, 5.74) is 18.8. The van der Waals surface area contributed by atoms with Crippen molar-refractivity contribution in [2.75, 3.05) is 24.1 Å². The fraction of sp³-hybridized carbons (Fsp3) is 0.278. The van der Waals surface area contributed by atoms with E-state index in [9.17, 15) is 4.79 Å². The number of primary amides is 1. The van der Waals surface area contributed by atoms with Crippen molar-refractivity contribution in [3.05, 3.63) is 33.1 Å². The van der Waals surface area contributed by atoms with Gasteiger partial charge in [0, 0.05) is 12.1 Å². The Morgan fingerprint density at radius 3 is 2.57 bits per heavy atom. The second-order valence-electron chi connectivity index (χ2n) is 7.14. The summed E-state index contributed by atoms with van der Waals surface area (Å²) in [6, 6.07) is 5.15. The van der Waals surface area contributed by atoms with Gasteiger partial charge >= 0.3 is 0 Å². The van der Waals surface area contributed by atoms with Gasteiger partial charge in [-0.2, -0.15) is 0 Å². The van der Waals surface area contributed by atoms with E-state index in [2.05, 4.69) is 15.3 Å². The molecule has 0 aliphatic rings. The van der Waals surface area contributed by atoms with E-state index in [1.807, 2.05) is 13.8 Å². The first kappa shape index (κ1) is 20.6. The Bertz CT molecular complexity index is 1070. The van der Waals surface area contributed by atoms with Crippen molar-refractivity contribution >= 4 is 62.3 Å². The zero-order chi connectivity index (χ0) is 20.6. The van der Waals surface area contributed by atoms with Gasteiger partial charge in [0.25, 0.3) is 5.91 Å². The molecule has 3 aromatic rings. The van der Waals surface area contributed by atoms with E-state index in [-0.39, 0.29) is 16.0 Å². The molecule has 10 heteroatoms. The largest absolute Gasteiger partial charge is 0.397 e. The topological polar surface area (TPSA) is 133 Å². The first-order valence-electron chi connectivity index (χ1n) is 8.42. The van der Waals surface area contributed by atoms with Gasteiger partial charge in [-0.15, -0.1) is 11.3 Å². The number of fused-ring (bicyclic) bond motifs is 1. The molecule has 3 rings (SSSR count). The van der Waals surface area contributed by atoms with Crippen LogP contribution in [0, 0.1) is 5.41 Å². The fourth-order valence-corrected chi connectivity index (χ4v) is 3.77. The predicted molar refractivity (Wildman–Crippen MR) is 117 cm³/mol. The van der Waals surface area contributed by atoms with Crippen molar-refractivity contribution in [3.63, 3.8) is 0 Å². The summed E-state index contributed by atoms with van der Waals surface area (Å²) in [5, 5.41) is 4.58. The maximum atomic E-state index is 11.8. The fourth-order valence-electron chi connectivity index (χ4n) is 2.53. The van der Waals surface area contributed by atoms with Crippen LogP contribution < -0.4 is 22.5 Å². The minimum atomic E-state index is -0.612. The van der Waals surface area contributed by atoms with E-state index < -0.39 is 5.91 Å². The highest BCUT2D eigenvalue weighted by Crippen LogP contribution is 2.40. The average molecular weight is 439 g/mol. The molecule has 2 aromatic heterocycles. The zero-order valence-corrected chi connectivity index (χ0v) is 17.7. The summed E-state index contributed by atoms with van der Waals surface area (Å²) in [4.78, 5) is 21.7. The summed E-state index contributed by atoms with van der Waals surface area (Å²) in [6.45, 7) is 5.14. The number of carbonyl (C=O) groups is 1. The summed E-state index contributed by atoms with van der Waals surface area (Å²) in [7, 11) is 0. The van der Waals surface area contributed by atoms with E-state index in [0.717, 1.165) is 11.3 Å². The van der Waals surface area contributed by atoms with Crippen LogP contribution in [0.5, 0.6) is 0 Å². The molecule has 0 aliphatic carbocycles. The molecule has 0 spiro atoms. The first-order valence-corrected chi connectivity index (χ1v) is 9.99. The highest BCUT2D eigenvalue weighted by Gasteiger charge is 2.22. The Balaban J connectivity index is 2.20. The Labute approximate surface area is 176 Å². The monoisotopic (exact) mass is 438 g/mol. The Morgan fingerprint density at radius 2 is 1.96 bits per heavy atom. The zero-order valence-electron chi connectivity index (χ0n) is 15.3. The molecule has 0 bridgehead atoms. The number of anilines is 2. The van der Waals surface area contributed by atoms with Gasteiger partial charge in [-0.3, -0.25) is 4.79 Å². The maximum Gasteiger partial charge on any atom is 0.260 e. The number of amides is 1. The molecule has 0 fully saturated rings. The summed E-state index contributed by atoms with van der Waals surface area (Å²) in [5.74, 6) is -0.216. The number of halogens is 2. The molecule has 2 heterocycles. The third kappa shape index (κ3) is 4.00. The van der Waals surface area contributed by atoms with Gasteiger partial charge in [0.15, 0.2) is 0 Å².